The Kier molecular flexibility index (Phi) is 7.38. The van der Waals surface area contributed by atoms with Crippen molar-refractivity contribution in [2.24, 2.45) is 0 Å². The number of hydrogen-bond donors (Lipinski definition) is 1. The van der Waals surface area contributed by atoms with Crippen molar-refractivity contribution in [3.8, 4) is 11.5 Å². The summed E-state index contributed by atoms with van der Waals surface area (Å²) in [7, 11) is 0.809. The Morgan fingerprint density at radius 3 is 2.31 bits per heavy atom. The summed E-state index contributed by atoms with van der Waals surface area (Å²) >= 11 is 0. The van der Waals surface area contributed by atoms with Gasteiger partial charge in [-0.1, -0.05) is 0 Å². The maximum absolute atomic E-state index is 14.0. The van der Waals surface area contributed by atoms with Gasteiger partial charge in [0.15, 0.2) is 11.6 Å². The minimum atomic E-state index is -0.698. The summed E-state index contributed by atoms with van der Waals surface area (Å²) in [6.45, 7) is 14.8. The molecule has 3 rings (SSSR count). The number of aromatic nitrogens is 1. The molecule has 1 saturated heterocycles. The van der Waals surface area contributed by atoms with E-state index in [-0.39, 0.29) is 11.6 Å². The molecule has 2 aromatic rings. The number of rotatable bonds is 6. The van der Waals surface area contributed by atoms with Crippen molar-refractivity contribution in [3.63, 3.8) is 0 Å². The molecule has 1 aromatic carbocycles. The molecule has 8 nitrogen and oxygen atoms in total. The third kappa shape index (κ3) is 6.24. The number of methoxy groups -OCH3 is 1. The quantitative estimate of drug-likeness (QED) is 0.572. The first kappa shape index (κ1) is 26.8. The van der Waals surface area contributed by atoms with Gasteiger partial charge in [0.05, 0.1) is 18.3 Å². The van der Waals surface area contributed by atoms with Crippen molar-refractivity contribution < 1.29 is 32.7 Å². The fourth-order valence-electron chi connectivity index (χ4n) is 3.43. The third-order valence-electron chi connectivity index (χ3n) is 5.95. The number of amides is 1. The highest BCUT2D eigenvalue weighted by molar-refractivity contribution is 6.62. The molecule has 1 amide bonds. The van der Waals surface area contributed by atoms with Crippen LogP contribution in [0.15, 0.2) is 30.5 Å². The van der Waals surface area contributed by atoms with Crippen LogP contribution in [0.5, 0.6) is 11.5 Å². The topological polar surface area (TPSA) is 88.1 Å². The van der Waals surface area contributed by atoms with E-state index < -0.39 is 41.9 Å². The van der Waals surface area contributed by atoms with E-state index in [0.29, 0.717) is 16.8 Å². The lowest BCUT2D eigenvalue weighted by Gasteiger charge is -2.32. The summed E-state index contributed by atoms with van der Waals surface area (Å²) in [6, 6.07) is 5.87. The Morgan fingerprint density at radius 2 is 1.74 bits per heavy atom. The minimum Gasteiger partial charge on any atom is -0.496 e. The zero-order valence-corrected chi connectivity index (χ0v) is 21.8. The van der Waals surface area contributed by atoms with Crippen molar-refractivity contribution in [2.45, 2.75) is 78.3 Å². The number of halogens is 1. The number of nitrogens with zero attached hydrogens (tertiary/aromatic N) is 1. The number of pyridine rings is 1. The molecule has 190 valence electrons. The van der Waals surface area contributed by atoms with Gasteiger partial charge in [0.1, 0.15) is 23.3 Å². The predicted octanol–water partition coefficient (Wildman–Crippen LogP) is 5.02. The van der Waals surface area contributed by atoms with Crippen LogP contribution in [0.25, 0.3) is 0 Å². The highest BCUT2D eigenvalue weighted by atomic mass is 19.1. The number of hydrogen-bond acceptors (Lipinski definition) is 7. The van der Waals surface area contributed by atoms with Gasteiger partial charge >= 0.3 is 13.2 Å². The van der Waals surface area contributed by atoms with Crippen LogP contribution >= 0.6 is 0 Å². The maximum Gasteiger partial charge on any atom is 0.496 e. The van der Waals surface area contributed by atoms with Crippen LogP contribution in [-0.4, -0.2) is 42.1 Å². The number of benzene rings is 1. The maximum atomic E-state index is 14.0. The number of carbonyl (C=O) groups is 1. The van der Waals surface area contributed by atoms with E-state index in [1.165, 1.54) is 25.3 Å². The molecule has 10 heteroatoms. The van der Waals surface area contributed by atoms with E-state index in [1.54, 1.807) is 40.0 Å². The number of anilines is 1. The highest BCUT2D eigenvalue weighted by Crippen LogP contribution is 2.37. The summed E-state index contributed by atoms with van der Waals surface area (Å²) < 4.78 is 43.1. The van der Waals surface area contributed by atoms with Crippen molar-refractivity contribution in [1.82, 2.24) is 4.98 Å². The Morgan fingerprint density at radius 1 is 1.11 bits per heavy atom. The monoisotopic (exact) mass is 488 g/mol. The number of ether oxygens (including phenoxy) is 3. The Bertz CT molecular complexity index is 1070. The SMILES string of the molecule is COc1ccc(F)cc1C(C)Oc1cc(B2OC(C)(C)C(C)(C)O2)cnc1NC(=O)OC(C)(C)C. The molecule has 1 N–H and O–H groups in total. The van der Waals surface area contributed by atoms with Crippen LogP contribution in [0.2, 0.25) is 0 Å². The van der Waals surface area contributed by atoms with Gasteiger partial charge in [-0.15, -0.1) is 0 Å². The number of carbonyl (C=O) groups excluding carboxylic acids is 1. The molecular formula is C25H34BFN2O6. The molecule has 0 saturated carbocycles. The second-order valence-corrected chi connectivity index (χ2v) is 10.5. The lowest BCUT2D eigenvalue weighted by Crippen LogP contribution is -2.41. The molecule has 0 bridgehead atoms. The lowest BCUT2D eigenvalue weighted by molar-refractivity contribution is 0.00578. The second kappa shape index (κ2) is 9.66. The Hall–Kier alpha value is -2.85. The van der Waals surface area contributed by atoms with Crippen molar-refractivity contribution >= 4 is 24.5 Å². The fraction of sp³-hybridized carbons (Fsp3) is 0.520. The van der Waals surface area contributed by atoms with Crippen LogP contribution in [-0.2, 0) is 14.0 Å². The standard InChI is InChI=1S/C25H34BFN2O6/c1-15(18-13-17(27)10-11-19(18)31-9)32-20-12-16(26-34-24(5,6)25(7,8)35-26)14-28-21(20)29-22(30)33-23(2,3)4/h10-15H,1-9H3,(H,28,29,30). The van der Waals surface area contributed by atoms with Gasteiger partial charge in [-0.3, -0.25) is 5.32 Å². The predicted molar refractivity (Wildman–Crippen MR) is 132 cm³/mol. The molecule has 1 aliphatic heterocycles. The first-order chi connectivity index (χ1) is 16.1. The van der Waals surface area contributed by atoms with Gasteiger partial charge in [0, 0.05) is 17.2 Å². The smallest absolute Gasteiger partial charge is 0.496 e. The van der Waals surface area contributed by atoms with Crippen LogP contribution in [0.4, 0.5) is 15.0 Å². The van der Waals surface area contributed by atoms with Gasteiger partial charge in [-0.2, -0.15) is 0 Å². The van der Waals surface area contributed by atoms with Crippen LogP contribution < -0.4 is 20.3 Å². The summed E-state index contributed by atoms with van der Waals surface area (Å²) in [5.74, 6) is 0.423. The van der Waals surface area contributed by atoms with E-state index in [2.05, 4.69) is 10.3 Å². The molecule has 2 heterocycles. The molecule has 1 unspecified atom stereocenters. The van der Waals surface area contributed by atoms with Crippen LogP contribution in [0, 0.1) is 5.82 Å². The van der Waals surface area contributed by atoms with Crippen LogP contribution in [0.3, 0.4) is 0 Å². The van der Waals surface area contributed by atoms with E-state index >= 15 is 0 Å². The average molecular weight is 488 g/mol. The first-order valence-electron chi connectivity index (χ1n) is 11.5. The summed E-state index contributed by atoms with van der Waals surface area (Å²) in [6.07, 6.45) is 0.221. The molecular weight excluding hydrogens is 454 g/mol. The van der Waals surface area contributed by atoms with Crippen molar-refractivity contribution in [2.75, 3.05) is 12.4 Å². The molecule has 1 fully saturated rings. The van der Waals surface area contributed by atoms with Crippen LogP contribution in [0.1, 0.15) is 67.1 Å². The van der Waals surface area contributed by atoms with Gasteiger partial charge in [0.25, 0.3) is 0 Å². The normalized spacial score (nSPS) is 17.6. The van der Waals surface area contributed by atoms with E-state index in [4.69, 9.17) is 23.5 Å². The number of nitrogens with one attached hydrogen (secondary N) is 1. The fourth-order valence-corrected chi connectivity index (χ4v) is 3.43. The van der Waals surface area contributed by atoms with Gasteiger partial charge in [-0.05, 0) is 79.7 Å². The average Bonchev–Trinajstić information content (AvgIpc) is 2.94. The first-order valence-corrected chi connectivity index (χ1v) is 11.5. The molecule has 35 heavy (non-hydrogen) atoms. The Balaban J connectivity index is 1.96. The van der Waals surface area contributed by atoms with Crippen molar-refractivity contribution in [3.05, 3.63) is 41.8 Å². The summed E-state index contributed by atoms with van der Waals surface area (Å²) in [5, 5.41) is 2.63. The minimum absolute atomic E-state index is 0.140. The molecule has 0 radical (unpaired) electrons. The highest BCUT2D eigenvalue weighted by Gasteiger charge is 2.52. The summed E-state index contributed by atoms with van der Waals surface area (Å²) in [5.41, 5.74) is -0.692. The molecule has 0 aliphatic carbocycles. The third-order valence-corrected chi connectivity index (χ3v) is 5.95. The van der Waals surface area contributed by atoms with E-state index in [9.17, 15) is 9.18 Å². The Labute approximate surface area is 206 Å². The molecule has 1 atom stereocenters. The van der Waals surface area contributed by atoms with Gasteiger partial charge in [-0.25, -0.2) is 14.2 Å². The van der Waals surface area contributed by atoms with Crippen molar-refractivity contribution in [1.29, 1.82) is 0 Å². The zero-order valence-electron chi connectivity index (χ0n) is 21.8. The largest absolute Gasteiger partial charge is 0.496 e. The second-order valence-electron chi connectivity index (χ2n) is 10.5. The van der Waals surface area contributed by atoms with E-state index in [0.717, 1.165) is 0 Å². The zero-order chi connectivity index (χ0) is 26.2. The van der Waals surface area contributed by atoms with Gasteiger partial charge in [0.2, 0.25) is 0 Å². The van der Waals surface area contributed by atoms with Gasteiger partial charge < -0.3 is 23.5 Å². The molecule has 0 spiro atoms. The summed E-state index contributed by atoms with van der Waals surface area (Å²) in [4.78, 5) is 16.8. The molecule has 1 aromatic heterocycles. The molecule has 1 aliphatic rings. The van der Waals surface area contributed by atoms with E-state index in [1.807, 2.05) is 27.7 Å². The lowest BCUT2D eigenvalue weighted by atomic mass is 9.80.